The van der Waals surface area contributed by atoms with Gasteiger partial charge in [-0.15, -0.1) is 0 Å². The van der Waals surface area contributed by atoms with Crippen LogP contribution in [0.5, 0.6) is 0 Å². The Bertz CT molecular complexity index is 780. The van der Waals surface area contributed by atoms with E-state index in [1.807, 2.05) is 38.1 Å². The van der Waals surface area contributed by atoms with Gasteiger partial charge in [0.25, 0.3) is 5.70 Å². The van der Waals surface area contributed by atoms with E-state index in [9.17, 15) is 10.1 Å². The van der Waals surface area contributed by atoms with Crippen molar-refractivity contribution in [3.05, 3.63) is 74.6 Å². The molecule has 0 bridgehead atoms. The molecule has 0 heterocycles. The molecule has 1 aromatic rings. The van der Waals surface area contributed by atoms with Crippen LogP contribution in [0.15, 0.2) is 63.6 Å². The predicted molar refractivity (Wildman–Crippen MR) is 81.9 cm³/mol. The predicted octanol–water partition coefficient (Wildman–Crippen LogP) is 4.29. The Kier molecular flexibility index (Phi) is 4.59. The fourth-order valence-corrected chi connectivity index (χ4v) is 2.02. The Morgan fingerprint density at radius 2 is 2.09 bits per heavy atom. The summed E-state index contributed by atoms with van der Waals surface area (Å²) in [5.41, 5.74) is 3.26. The number of benzene rings is 1. The van der Waals surface area contributed by atoms with Crippen LogP contribution in [0, 0.1) is 35.3 Å². The fraction of sp³-hybridized carbons (Fsp3) is 0.188. The van der Waals surface area contributed by atoms with Gasteiger partial charge in [-0.2, -0.15) is 15.5 Å². The van der Waals surface area contributed by atoms with Gasteiger partial charge in [0.1, 0.15) is 6.07 Å². The maximum absolute atomic E-state index is 10.8. The molecule has 6 nitrogen and oxygen atoms in total. The Morgan fingerprint density at radius 3 is 2.73 bits per heavy atom. The van der Waals surface area contributed by atoms with Crippen LogP contribution in [-0.4, -0.2) is 4.92 Å². The normalized spacial score (nSPS) is 14.7. The number of azo groups is 1. The lowest BCUT2D eigenvalue weighted by Crippen LogP contribution is -1.95. The first-order chi connectivity index (χ1) is 10.5. The number of nitro groups is 1. The Balaban J connectivity index is 2.38. The molecule has 2 rings (SSSR count). The third-order valence-electron chi connectivity index (χ3n) is 3.16. The number of rotatable bonds is 3. The molecule has 110 valence electrons. The molecule has 0 spiro atoms. The van der Waals surface area contributed by atoms with Crippen molar-refractivity contribution in [1.82, 2.24) is 0 Å². The molecule has 1 aliphatic carbocycles. The molecule has 0 fully saturated rings. The highest BCUT2D eigenvalue weighted by atomic mass is 16.6. The SMILES string of the molecule is Cc1ccc(N=NC2=C(C#N)C=C([N+](=O)[O-])C=CC2)c(C)c1. The molecular formula is C16H14N4O2. The van der Waals surface area contributed by atoms with Crippen LogP contribution in [0.2, 0.25) is 0 Å². The van der Waals surface area contributed by atoms with Crippen LogP contribution >= 0.6 is 0 Å². The minimum Gasteiger partial charge on any atom is -0.258 e. The summed E-state index contributed by atoms with van der Waals surface area (Å²) in [5, 5.41) is 28.3. The first kappa shape index (κ1) is 15.3. The summed E-state index contributed by atoms with van der Waals surface area (Å²) in [6, 6.07) is 7.72. The number of aryl methyl sites for hydroxylation is 2. The van der Waals surface area contributed by atoms with E-state index in [4.69, 9.17) is 5.26 Å². The lowest BCUT2D eigenvalue weighted by Gasteiger charge is -2.01. The highest BCUT2D eigenvalue weighted by Crippen LogP contribution is 2.24. The van der Waals surface area contributed by atoms with E-state index in [2.05, 4.69) is 10.2 Å². The summed E-state index contributed by atoms with van der Waals surface area (Å²) >= 11 is 0. The zero-order valence-electron chi connectivity index (χ0n) is 12.3. The Hall–Kier alpha value is -3.07. The molecule has 1 aliphatic rings. The topological polar surface area (TPSA) is 91.7 Å². The second kappa shape index (κ2) is 6.59. The number of hydrogen-bond donors (Lipinski definition) is 0. The quantitative estimate of drug-likeness (QED) is 0.473. The van der Waals surface area contributed by atoms with Crippen LogP contribution in [-0.2, 0) is 0 Å². The zero-order chi connectivity index (χ0) is 16.1. The third-order valence-corrected chi connectivity index (χ3v) is 3.16. The number of hydrogen-bond acceptors (Lipinski definition) is 5. The molecule has 0 atom stereocenters. The van der Waals surface area contributed by atoms with Crippen molar-refractivity contribution < 1.29 is 4.92 Å². The number of nitrogens with zero attached hydrogens (tertiary/aromatic N) is 4. The van der Waals surface area contributed by atoms with E-state index in [-0.39, 0.29) is 11.3 Å². The van der Waals surface area contributed by atoms with Crippen LogP contribution < -0.4 is 0 Å². The molecule has 6 heteroatoms. The van der Waals surface area contributed by atoms with E-state index in [1.54, 1.807) is 6.08 Å². The Labute approximate surface area is 127 Å². The van der Waals surface area contributed by atoms with Crippen molar-refractivity contribution in [1.29, 1.82) is 5.26 Å². The first-order valence-electron chi connectivity index (χ1n) is 6.66. The van der Waals surface area contributed by atoms with Gasteiger partial charge in [-0.05, 0) is 25.5 Å². The molecule has 0 unspecified atom stereocenters. The number of allylic oxidation sites excluding steroid dienone is 4. The van der Waals surface area contributed by atoms with Crippen LogP contribution in [0.1, 0.15) is 17.5 Å². The van der Waals surface area contributed by atoms with Gasteiger partial charge in [0, 0.05) is 18.6 Å². The van der Waals surface area contributed by atoms with Gasteiger partial charge in [0.2, 0.25) is 0 Å². The summed E-state index contributed by atoms with van der Waals surface area (Å²) in [6.07, 6.45) is 4.53. The van der Waals surface area contributed by atoms with Gasteiger partial charge in [-0.25, -0.2) is 0 Å². The van der Waals surface area contributed by atoms with Gasteiger partial charge in [0.05, 0.1) is 21.9 Å². The molecule has 0 aromatic heterocycles. The zero-order valence-corrected chi connectivity index (χ0v) is 12.3. The molecule has 0 amide bonds. The van der Waals surface area contributed by atoms with E-state index in [0.717, 1.165) is 11.1 Å². The molecule has 0 N–H and O–H groups in total. The van der Waals surface area contributed by atoms with Gasteiger partial charge in [-0.3, -0.25) is 10.1 Å². The summed E-state index contributed by atoms with van der Waals surface area (Å²) in [4.78, 5) is 10.3. The summed E-state index contributed by atoms with van der Waals surface area (Å²) in [7, 11) is 0. The van der Waals surface area contributed by atoms with Crippen molar-refractivity contribution in [2.24, 2.45) is 10.2 Å². The average Bonchev–Trinajstić information content (AvgIpc) is 2.68. The van der Waals surface area contributed by atoms with Gasteiger partial charge in [0.15, 0.2) is 0 Å². The van der Waals surface area contributed by atoms with Crippen LogP contribution in [0.4, 0.5) is 5.69 Å². The maximum Gasteiger partial charge on any atom is 0.270 e. The summed E-state index contributed by atoms with van der Waals surface area (Å²) in [5.74, 6) is 0. The molecule has 0 saturated heterocycles. The Morgan fingerprint density at radius 1 is 1.32 bits per heavy atom. The van der Waals surface area contributed by atoms with E-state index >= 15 is 0 Å². The van der Waals surface area contributed by atoms with Gasteiger partial charge >= 0.3 is 0 Å². The molecule has 0 radical (unpaired) electrons. The minimum absolute atomic E-state index is 0.131. The van der Waals surface area contributed by atoms with Crippen molar-refractivity contribution in [3.8, 4) is 6.07 Å². The minimum atomic E-state index is -0.530. The first-order valence-corrected chi connectivity index (χ1v) is 6.66. The van der Waals surface area contributed by atoms with E-state index in [1.165, 1.54) is 12.2 Å². The van der Waals surface area contributed by atoms with E-state index < -0.39 is 4.92 Å². The molecule has 1 aromatic carbocycles. The van der Waals surface area contributed by atoms with Crippen LogP contribution in [0.25, 0.3) is 0 Å². The number of nitriles is 1. The third kappa shape index (κ3) is 3.52. The van der Waals surface area contributed by atoms with Gasteiger partial charge in [-0.1, -0.05) is 23.8 Å². The lowest BCUT2D eigenvalue weighted by atomic mass is 10.1. The molecular weight excluding hydrogens is 280 g/mol. The monoisotopic (exact) mass is 294 g/mol. The van der Waals surface area contributed by atoms with E-state index in [0.29, 0.717) is 17.8 Å². The van der Waals surface area contributed by atoms with Gasteiger partial charge < -0.3 is 0 Å². The standard InChI is InChI=1S/C16H14N4O2/c1-11-6-7-15(12(2)8-11)18-19-16-5-3-4-14(20(21)22)9-13(16)10-17/h3-4,6-9H,5H2,1-2H3. The molecule has 22 heavy (non-hydrogen) atoms. The van der Waals surface area contributed by atoms with Crippen molar-refractivity contribution in [3.63, 3.8) is 0 Å². The molecule has 0 saturated carbocycles. The second-order valence-corrected chi connectivity index (χ2v) is 4.89. The molecule has 0 aliphatic heterocycles. The van der Waals surface area contributed by atoms with Crippen LogP contribution in [0.3, 0.4) is 0 Å². The largest absolute Gasteiger partial charge is 0.270 e. The second-order valence-electron chi connectivity index (χ2n) is 4.89. The fourth-order valence-electron chi connectivity index (χ4n) is 2.02. The summed E-state index contributed by atoms with van der Waals surface area (Å²) < 4.78 is 0. The summed E-state index contributed by atoms with van der Waals surface area (Å²) in [6.45, 7) is 3.92. The van der Waals surface area contributed by atoms with Crippen molar-refractivity contribution >= 4 is 5.69 Å². The van der Waals surface area contributed by atoms with Crippen molar-refractivity contribution in [2.45, 2.75) is 20.3 Å². The highest BCUT2D eigenvalue weighted by Gasteiger charge is 2.14. The smallest absolute Gasteiger partial charge is 0.258 e. The van der Waals surface area contributed by atoms with Crippen molar-refractivity contribution in [2.75, 3.05) is 0 Å². The average molecular weight is 294 g/mol. The maximum atomic E-state index is 10.8. The lowest BCUT2D eigenvalue weighted by molar-refractivity contribution is -0.419. The highest BCUT2D eigenvalue weighted by molar-refractivity contribution is 5.47.